The molecule has 27 heavy (non-hydrogen) atoms. The summed E-state index contributed by atoms with van der Waals surface area (Å²) < 4.78 is 25.8. The first-order valence-electron chi connectivity index (χ1n) is 8.73. The molecule has 2 aromatic rings. The van der Waals surface area contributed by atoms with Crippen molar-refractivity contribution in [1.29, 1.82) is 0 Å². The molecule has 0 bridgehead atoms. The van der Waals surface area contributed by atoms with Crippen molar-refractivity contribution in [2.45, 2.75) is 26.4 Å². The minimum atomic E-state index is -3.39. The lowest BCUT2D eigenvalue weighted by molar-refractivity contribution is 0.106. The summed E-state index contributed by atoms with van der Waals surface area (Å²) in [5.41, 5.74) is 3.83. The van der Waals surface area contributed by atoms with Crippen molar-refractivity contribution in [1.82, 2.24) is 14.2 Å². The molecule has 0 saturated carbocycles. The average Bonchev–Trinajstić information content (AvgIpc) is 2.56. The fraction of sp³-hybridized carbons (Fsp3) is 0.368. The number of aromatic nitrogens is 1. The standard InChI is InChI=1S/C19H24N4O3S/c1-14-6-7-17(9-15(14)2)21-19(24)22-12-18(13-22)23(27(3,25)26)11-16-5-4-8-20-10-16/h4-10,18H,11-13H2,1-3H3,(H,21,24). The lowest BCUT2D eigenvalue weighted by atomic mass is 10.1. The maximum Gasteiger partial charge on any atom is 0.321 e. The van der Waals surface area contributed by atoms with Crippen molar-refractivity contribution in [2.24, 2.45) is 0 Å². The maximum absolute atomic E-state index is 12.4. The minimum Gasteiger partial charge on any atom is -0.321 e. The van der Waals surface area contributed by atoms with Crippen LogP contribution in [-0.2, 0) is 16.6 Å². The number of urea groups is 1. The second-order valence-corrected chi connectivity index (χ2v) is 8.89. The molecule has 0 spiro atoms. The molecule has 0 unspecified atom stereocenters. The highest BCUT2D eigenvalue weighted by Gasteiger charge is 2.38. The van der Waals surface area contributed by atoms with Crippen LogP contribution in [-0.4, -0.2) is 54.0 Å². The van der Waals surface area contributed by atoms with Crippen molar-refractivity contribution >= 4 is 21.7 Å². The number of pyridine rings is 1. The van der Waals surface area contributed by atoms with Gasteiger partial charge < -0.3 is 10.2 Å². The normalized spacial score (nSPS) is 14.9. The van der Waals surface area contributed by atoms with Crippen LogP contribution in [0.4, 0.5) is 10.5 Å². The van der Waals surface area contributed by atoms with Crippen molar-refractivity contribution in [3.05, 3.63) is 59.4 Å². The predicted molar refractivity (Wildman–Crippen MR) is 105 cm³/mol. The van der Waals surface area contributed by atoms with Crippen LogP contribution in [0.15, 0.2) is 42.7 Å². The van der Waals surface area contributed by atoms with E-state index < -0.39 is 10.0 Å². The van der Waals surface area contributed by atoms with Gasteiger partial charge in [-0.25, -0.2) is 13.2 Å². The average molecular weight is 388 g/mol. The van der Waals surface area contributed by atoms with E-state index in [1.165, 1.54) is 10.6 Å². The fourth-order valence-electron chi connectivity index (χ4n) is 3.01. The summed E-state index contributed by atoms with van der Waals surface area (Å²) in [5, 5.41) is 2.87. The molecule has 1 saturated heterocycles. The Morgan fingerprint density at radius 2 is 2.00 bits per heavy atom. The molecule has 8 heteroatoms. The molecule has 7 nitrogen and oxygen atoms in total. The number of rotatable bonds is 5. The Kier molecular flexibility index (Phi) is 5.48. The molecule has 1 N–H and O–H groups in total. The van der Waals surface area contributed by atoms with E-state index in [0.717, 1.165) is 22.4 Å². The molecule has 2 amide bonds. The van der Waals surface area contributed by atoms with Crippen molar-refractivity contribution in [3.63, 3.8) is 0 Å². The quantitative estimate of drug-likeness (QED) is 0.852. The summed E-state index contributed by atoms with van der Waals surface area (Å²) in [6, 6.07) is 8.92. The molecule has 1 aliphatic heterocycles. The Morgan fingerprint density at radius 3 is 2.59 bits per heavy atom. The number of carbonyl (C=O) groups is 1. The number of likely N-dealkylation sites (tertiary alicyclic amines) is 1. The zero-order valence-electron chi connectivity index (χ0n) is 15.7. The number of amides is 2. The Bertz CT molecular complexity index is 925. The van der Waals surface area contributed by atoms with Crippen LogP contribution in [0.2, 0.25) is 0 Å². The number of benzene rings is 1. The van der Waals surface area contributed by atoms with Gasteiger partial charge in [-0.15, -0.1) is 0 Å². The molecule has 3 rings (SSSR count). The van der Waals surface area contributed by atoms with Crippen molar-refractivity contribution in [2.75, 3.05) is 24.7 Å². The molecule has 1 aromatic heterocycles. The number of nitrogens with one attached hydrogen (secondary N) is 1. The van der Waals surface area contributed by atoms with Gasteiger partial charge >= 0.3 is 6.03 Å². The summed E-state index contributed by atoms with van der Waals surface area (Å²) in [5.74, 6) is 0. The van der Waals surface area contributed by atoms with Gasteiger partial charge in [0.15, 0.2) is 0 Å². The molecule has 1 aromatic carbocycles. The molecule has 144 valence electrons. The third-order valence-electron chi connectivity index (χ3n) is 4.80. The van der Waals surface area contributed by atoms with Crippen LogP contribution < -0.4 is 5.32 Å². The molecule has 0 radical (unpaired) electrons. The Hall–Kier alpha value is -2.45. The number of anilines is 1. The number of nitrogens with zero attached hydrogens (tertiary/aromatic N) is 3. The molecular weight excluding hydrogens is 364 g/mol. The number of hydrogen-bond donors (Lipinski definition) is 1. The van der Waals surface area contributed by atoms with Crippen LogP contribution in [0.25, 0.3) is 0 Å². The van der Waals surface area contributed by atoms with Gasteiger partial charge in [0.2, 0.25) is 10.0 Å². The lowest BCUT2D eigenvalue weighted by Crippen LogP contribution is -2.62. The van der Waals surface area contributed by atoms with Gasteiger partial charge in [0.25, 0.3) is 0 Å². The number of hydrogen-bond acceptors (Lipinski definition) is 4. The van der Waals surface area contributed by atoms with Crippen LogP contribution in [0.1, 0.15) is 16.7 Å². The Balaban J connectivity index is 1.61. The number of aryl methyl sites for hydroxylation is 2. The van der Waals surface area contributed by atoms with Crippen LogP contribution in [0.3, 0.4) is 0 Å². The second kappa shape index (κ2) is 7.66. The van der Waals surface area contributed by atoms with E-state index in [0.29, 0.717) is 13.1 Å². The fourth-order valence-corrected chi connectivity index (χ4v) is 4.07. The largest absolute Gasteiger partial charge is 0.321 e. The first-order valence-corrected chi connectivity index (χ1v) is 10.6. The van der Waals surface area contributed by atoms with E-state index in [9.17, 15) is 13.2 Å². The third kappa shape index (κ3) is 4.64. The van der Waals surface area contributed by atoms with Crippen LogP contribution in [0, 0.1) is 13.8 Å². The van der Waals surface area contributed by atoms with E-state index in [4.69, 9.17) is 0 Å². The van der Waals surface area contributed by atoms with E-state index in [1.54, 1.807) is 23.4 Å². The Morgan fingerprint density at radius 1 is 1.26 bits per heavy atom. The summed E-state index contributed by atoms with van der Waals surface area (Å²) in [6.45, 7) is 4.99. The molecule has 0 aliphatic carbocycles. The van der Waals surface area contributed by atoms with Gasteiger partial charge in [-0.2, -0.15) is 4.31 Å². The van der Waals surface area contributed by atoms with Gasteiger partial charge in [-0.3, -0.25) is 4.98 Å². The highest BCUT2D eigenvalue weighted by atomic mass is 32.2. The molecule has 2 heterocycles. The number of carbonyl (C=O) groups excluding carboxylic acids is 1. The smallest absolute Gasteiger partial charge is 0.321 e. The zero-order chi connectivity index (χ0) is 19.6. The van der Waals surface area contributed by atoms with Gasteiger partial charge in [-0.1, -0.05) is 12.1 Å². The first-order chi connectivity index (χ1) is 12.7. The maximum atomic E-state index is 12.4. The van der Waals surface area contributed by atoms with Crippen molar-refractivity contribution in [3.8, 4) is 0 Å². The van der Waals surface area contributed by atoms with E-state index in [2.05, 4.69) is 10.3 Å². The molecule has 1 fully saturated rings. The van der Waals surface area contributed by atoms with E-state index in [-0.39, 0.29) is 18.6 Å². The lowest BCUT2D eigenvalue weighted by Gasteiger charge is -2.44. The van der Waals surface area contributed by atoms with E-state index >= 15 is 0 Å². The topological polar surface area (TPSA) is 82.6 Å². The van der Waals surface area contributed by atoms with Gasteiger partial charge in [0.1, 0.15) is 0 Å². The molecule has 0 atom stereocenters. The highest BCUT2D eigenvalue weighted by Crippen LogP contribution is 2.22. The predicted octanol–water partition coefficient (Wildman–Crippen LogP) is 2.38. The van der Waals surface area contributed by atoms with Crippen molar-refractivity contribution < 1.29 is 13.2 Å². The minimum absolute atomic E-state index is 0.218. The summed E-state index contributed by atoms with van der Waals surface area (Å²) in [6.07, 6.45) is 4.50. The molecular formula is C19H24N4O3S. The summed E-state index contributed by atoms with van der Waals surface area (Å²) >= 11 is 0. The highest BCUT2D eigenvalue weighted by molar-refractivity contribution is 7.88. The van der Waals surface area contributed by atoms with Gasteiger partial charge in [0.05, 0.1) is 12.3 Å². The summed E-state index contributed by atoms with van der Waals surface area (Å²) in [7, 11) is -3.39. The van der Waals surface area contributed by atoms with Gasteiger partial charge in [-0.05, 0) is 48.7 Å². The van der Waals surface area contributed by atoms with Crippen LogP contribution >= 0.6 is 0 Å². The second-order valence-electron chi connectivity index (χ2n) is 6.96. The Labute approximate surface area is 160 Å². The SMILES string of the molecule is Cc1ccc(NC(=O)N2CC(N(Cc3cccnc3)S(C)(=O)=O)C2)cc1C. The monoisotopic (exact) mass is 388 g/mol. The van der Waals surface area contributed by atoms with Crippen LogP contribution in [0.5, 0.6) is 0 Å². The third-order valence-corrected chi connectivity index (χ3v) is 6.08. The zero-order valence-corrected chi connectivity index (χ0v) is 16.5. The molecule has 1 aliphatic rings. The first kappa shape index (κ1) is 19.3. The summed E-state index contributed by atoms with van der Waals surface area (Å²) in [4.78, 5) is 18.0. The van der Waals surface area contributed by atoms with Gasteiger partial charge in [0, 0.05) is 37.7 Å². The van der Waals surface area contributed by atoms with E-state index in [1.807, 2.05) is 38.1 Å². The number of sulfonamides is 1.